The number of methoxy groups -OCH3 is 2. The molecule has 0 saturated heterocycles. The average molecular weight is 245 g/mol. The maximum absolute atomic E-state index is 11.5. The van der Waals surface area contributed by atoms with Crippen LogP contribution in [0.1, 0.15) is 16.1 Å². The molecule has 4 heteroatoms. The van der Waals surface area contributed by atoms with E-state index in [9.17, 15) is 4.79 Å². The molecule has 1 aromatic heterocycles. The lowest BCUT2D eigenvalue weighted by atomic mass is 10.1. The first-order valence-corrected chi connectivity index (χ1v) is 5.72. The molecule has 1 aromatic carbocycles. The summed E-state index contributed by atoms with van der Waals surface area (Å²) >= 11 is 0. The van der Waals surface area contributed by atoms with Crippen LogP contribution in [0.2, 0.25) is 0 Å². The number of carbonyl (C=O) groups is 1. The monoisotopic (exact) mass is 245 g/mol. The summed E-state index contributed by atoms with van der Waals surface area (Å²) in [6, 6.07) is 9.50. The van der Waals surface area contributed by atoms with Crippen molar-refractivity contribution in [3.05, 3.63) is 41.6 Å². The molecule has 94 valence electrons. The minimum absolute atomic E-state index is 0.329. The van der Waals surface area contributed by atoms with E-state index < -0.39 is 5.97 Å². The SMILES string of the molecule is COCCc1cccc2ccc(C(=O)OC)nc12. The largest absolute Gasteiger partial charge is 0.464 e. The lowest BCUT2D eigenvalue weighted by Crippen LogP contribution is -2.05. The molecule has 1 heterocycles. The lowest BCUT2D eigenvalue weighted by molar-refractivity contribution is 0.0594. The van der Waals surface area contributed by atoms with E-state index in [0.717, 1.165) is 22.9 Å². The zero-order chi connectivity index (χ0) is 13.0. The highest BCUT2D eigenvalue weighted by molar-refractivity contribution is 5.91. The van der Waals surface area contributed by atoms with Crippen molar-refractivity contribution in [1.29, 1.82) is 0 Å². The average Bonchev–Trinajstić information content (AvgIpc) is 2.43. The number of rotatable bonds is 4. The van der Waals surface area contributed by atoms with E-state index in [-0.39, 0.29) is 0 Å². The molecular formula is C14H15NO3. The number of ether oxygens (including phenoxy) is 2. The highest BCUT2D eigenvalue weighted by Crippen LogP contribution is 2.18. The normalized spacial score (nSPS) is 10.6. The Bertz CT molecular complexity index is 566. The van der Waals surface area contributed by atoms with Crippen molar-refractivity contribution in [1.82, 2.24) is 4.98 Å². The molecule has 0 fully saturated rings. The zero-order valence-electron chi connectivity index (χ0n) is 10.5. The first-order chi connectivity index (χ1) is 8.76. The fraction of sp³-hybridized carbons (Fsp3) is 0.286. The molecule has 0 atom stereocenters. The molecule has 0 N–H and O–H groups in total. The molecule has 2 aromatic rings. The predicted octanol–water partition coefficient (Wildman–Crippen LogP) is 2.21. The number of nitrogens with zero attached hydrogens (tertiary/aromatic N) is 1. The molecule has 0 saturated carbocycles. The van der Waals surface area contributed by atoms with Crippen LogP contribution in [0, 0.1) is 0 Å². The van der Waals surface area contributed by atoms with E-state index >= 15 is 0 Å². The minimum Gasteiger partial charge on any atom is -0.464 e. The van der Waals surface area contributed by atoms with Crippen LogP contribution in [-0.2, 0) is 15.9 Å². The van der Waals surface area contributed by atoms with Gasteiger partial charge in [-0.3, -0.25) is 0 Å². The summed E-state index contributed by atoms with van der Waals surface area (Å²) in [4.78, 5) is 15.8. The van der Waals surface area contributed by atoms with Crippen molar-refractivity contribution in [2.75, 3.05) is 20.8 Å². The van der Waals surface area contributed by atoms with Crippen LogP contribution in [0.15, 0.2) is 30.3 Å². The molecular weight excluding hydrogens is 230 g/mol. The Hall–Kier alpha value is -1.94. The van der Waals surface area contributed by atoms with E-state index in [2.05, 4.69) is 9.72 Å². The van der Waals surface area contributed by atoms with E-state index in [4.69, 9.17) is 4.74 Å². The van der Waals surface area contributed by atoms with Crippen LogP contribution >= 0.6 is 0 Å². The number of esters is 1. The number of benzene rings is 1. The Morgan fingerprint density at radius 3 is 2.78 bits per heavy atom. The molecule has 0 radical (unpaired) electrons. The Labute approximate surface area is 106 Å². The van der Waals surface area contributed by atoms with Crippen molar-refractivity contribution in [2.24, 2.45) is 0 Å². The van der Waals surface area contributed by atoms with Gasteiger partial charge in [0, 0.05) is 12.5 Å². The second kappa shape index (κ2) is 5.60. The first kappa shape index (κ1) is 12.5. The molecule has 4 nitrogen and oxygen atoms in total. The summed E-state index contributed by atoms with van der Waals surface area (Å²) in [5.74, 6) is -0.418. The number of aromatic nitrogens is 1. The van der Waals surface area contributed by atoms with Crippen molar-refractivity contribution in [3.63, 3.8) is 0 Å². The second-order valence-electron chi connectivity index (χ2n) is 3.92. The Morgan fingerprint density at radius 2 is 2.06 bits per heavy atom. The molecule has 0 spiro atoms. The smallest absolute Gasteiger partial charge is 0.356 e. The quantitative estimate of drug-likeness (QED) is 0.775. The van der Waals surface area contributed by atoms with Crippen LogP contribution in [0.4, 0.5) is 0 Å². The van der Waals surface area contributed by atoms with Crippen molar-refractivity contribution >= 4 is 16.9 Å². The summed E-state index contributed by atoms with van der Waals surface area (Å²) in [5.41, 5.74) is 2.23. The fourth-order valence-electron chi connectivity index (χ4n) is 1.84. The van der Waals surface area contributed by atoms with Gasteiger partial charge in [-0.1, -0.05) is 24.3 Å². The van der Waals surface area contributed by atoms with E-state index in [1.165, 1.54) is 7.11 Å². The maximum atomic E-state index is 11.5. The van der Waals surface area contributed by atoms with Gasteiger partial charge in [-0.25, -0.2) is 9.78 Å². The molecule has 0 aliphatic heterocycles. The third-order valence-electron chi connectivity index (χ3n) is 2.77. The third-order valence-corrected chi connectivity index (χ3v) is 2.77. The van der Waals surface area contributed by atoms with Gasteiger partial charge in [0.05, 0.1) is 19.2 Å². The number of fused-ring (bicyclic) bond motifs is 1. The zero-order valence-corrected chi connectivity index (χ0v) is 10.5. The topological polar surface area (TPSA) is 48.4 Å². The van der Waals surface area contributed by atoms with E-state index in [0.29, 0.717) is 12.3 Å². The second-order valence-corrected chi connectivity index (χ2v) is 3.92. The van der Waals surface area contributed by atoms with Gasteiger partial charge in [-0.05, 0) is 18.1 Å². The standard InChI is InChI=1S/C14H15NO3/c1-17-9-8-11-5-3-4-10-6-7-12(14(16)18-2)15-13(10)11/h3-7H,8-9H2,1-2H3. The summed E-state index contributed by atoms with van der Waals surface area (Å²) in [5, 5.41) is 1.01. The number of pyridine rings is 1. The lowest BCUT2D eigenvalue weighted by Gasteiger charge is -2.06. The van der Waals surface area contributed by atoms with Crippen LogP contribution in [0.25, 0.3) is 10.9 Å². The van der Waals surface area contributed by atoms with Crippen LogP contribution in [0.3, 0.4) is 0 Å². The number of hydrogen-bond donors (Lipinski definition) is 0. The Morgan fingerprint density at radius 1 is 1.22 bits per heavy atom. The number of carbonyl (C=O) groups excluding carboxylic acids is 1. The fourth-order valence-corrected chi connectivity index (χ4v) is 1.84. The third kappa shape index (κ3) is 2.49. The Balaban J connectivity index is 2.47. The number of para-hydroxylation sites is 1. The van der Waals surface area contributed by atoms with Gasteiger partial charge in [0.1, 0.15) is 5.69 Å². The van der Waals surface area contributed by atoms with Crippen LogP contribution in [-0.4, -0.2) is 31.8 Å². The summed E-state index contributed by atoms with van der Waals surface area (Å²) in [6.45, 7) is 0.628. The highest BCUT2D eigenvalue weighted by atomic mass is 16.5. The molecule has 0 aliphatic rings. The van der Waals surface area contributed by atoms with Crippen molar-refractivity contribution in [2.45, 2.75) is 6.42 Å². The van der Waals surface area contributed by atoms with Gasteiger partial charge in [0.2, 0.25) is 0 Å². The summed E-state index contributed by atoms with van der Waals surface area (Å²) < 4.78 is 9.75. The summed E-state index contributed by atoms with van der Waals surface area (Å²) in [7, 11) is 3.02. The molecule has 0 amide bonds. The molecule has 0 aliphatic carbocycles. The van der Waals surface area contributed by atoms with Gasteiger partial charge in [-0.2, -0.15) is 0 Å². The van der Waals surface area contributed by atoms with Gasteiger partial charge < -0.3 is 9.47 Å². The van der Waals surface area contributed by atoms with Gasteiger partial charge in [0.15, 0.2) is 0 Å². The molecule has 0 bridgehead atoms. The molecule has 18 heavy (non-hydrogen) atoms. The van der Waals surface area contributed by atoms with Crippen LogP contribution < -0.4 is 0 Å². The van der Waals surface area contributed by atoms with Crippen molar-refractivity contribution < 1.29 is 14.3 Å². The first-order valence-electron chi connectivity index (χ1n) is 5.72. The highest BCUT2D eigenvalue weighted by Gasteiger charge is 2.09. The van der Waals surface area contributed by atoms with E-state index in [1.807, 2.05) is 24.3 Å². The molecule has 0 unspecified atom stereocenters. The van der Waals surface area contributed by atoms with Crippen LogP contribution in [0.5, 0.6) is 0 Å². The predicted molar refractivity (Wildman–Crippen MR) is 68.7 cm³/mol. The van der Waals surface area contributed by atoms with E-state index in [1.54, 1.807) is 13.2 Å². The molecule has 2 rings (SSSR count). The maximum Gasteiger partial charge on any atom is 0.356 e. The minimum atomic E-state index is -0.418. The van der Waals surface area contributed by atoms with Gasteiger partial charge >= 0.3 is 5.97 Å². The number of hydrogen-bond acceptors (Lipinski definition) is 4. The van der Waals surface area contributed by atoms with Crippen molar-refractivity contribution in [3.8, 4) is 0 Å². The van der Waals surface area contributed by atoms with Gasteiger partial charge in [-0.15, -0.1) is 0 Å². The Kier molecular flexibility index (Phi) is 3.89. The summed E-state index contributed by atoms with van der Waals surface area (Å²) in [6.07, 6.45) is 0.769. The van der Waals surface area contributed by atoms with Gasteiger partial charge in [0.25, 0.3) is 0 Å².